The average Bonchev–Trinajstić information content (AvgIpc) is 2.93. The standard InChI is InChI=1S/C19H24N2O5/c1-5-12-6-7-14-13(10-25-15(14)8-12)9-17(23)26-11-16(22)20-18(24)21-19(2,3)4/h6-8,10H,5,9,11H2,1-4H3,(H2,20,21,22,24). The van der Waals surface area contributed by atoms with Gasteiger partial charge in [-0.3, -0.25) is 14.9 Å². The number of nitrogens with one attached hydrogen (secondary N) is 2. The van der Waals surface area contributed by atoms with Crippen molar-refractivity contribution in [3.05, 3.63) is 35.6 Å². The number of amides is 3. The number of imide groups is 1. The summed E-state index contributed by atoms with van der Waals surface area (Å²) in [4.78, 5) is 35.2. The second-order valence-corrected chi connectivity index (χ2v) is 7.03. The van der Waals surface area contributed by atoms with E-state index in [-0.39, 0.29) is 6.42 Å². The molecule has 140 valence electrons. The quantitative estimate of drug-likeness (QED) is 0.799. The Balaban J connectivity index is 1.85. The molecule has 0 unspecified atom stereocenters. The topological polar surface area (TPSA) is 97.6 Å². The van der Waals surface area contributed by atoms with Crippen LogP contribution in [0.2, 0.25) is 0 Å². The maximum atomic E-state index is 12.0. The van der Waals surface area contributed by atoms with Crippen molar-refractivity contribution < 1.29 is 23.5 Å². The number of esters is 1. The number of carbonyl (C=O) groups excluding carboxylic acids is 3. The van der Waals surface area contributed by atoms with Crippen LogP contribution in [0.15, 0.2) is 28.9 Å². The number of hydrogen-bond donors (Lipinski definition) is 2. The summed E-state index contributed by atoms with van der Waals surface area (Å²) in [7, 11) is 0. The first kappa shape index (κ1) is 19.5. The van der Waals surface area contributed by atoms with Gasteiger partial charge in [-0.05, 0) is 38.8 Å². The summed E-state index contributed by atoms with van der Waals surface area (Å²) in [5.74, 6) is -1.26. The molecule has 0 radical (unpaired) electrons. The number of ether oxygens (including phenoxy) is 1. The van der Waals surface area contributed by atoms with Gasteiger partial charge in [0.05, 0.1) is 12.7 Å². The molecule has 0 fully saturated rings. The summed E-state index contributed by atoms with van der Waals surface area (Å²) >= 11 is 0. The van der Waals surface area contributed by atoms with Crippen LogP contribution in [0.1, 0.15) is 38.8 Å². The third kappa shape index (κ3) is 5.61. The number of aryl methyl sites for hydroxylation is 1. The number of rotatable bonds is 5. The summed E-state index contributed by atoms with van der Waals surface area (Å²) in [6.45, 7) is 6.89. The fourth-order valence-corrected chi connectivity index (χ4v) is 2.37. The molecular formula is C19H24N2O5. The van der Waals surface area contributed by atoms with Crippen molar-refractivity contribution in [1.82, 2.24) is 10.6 Å². The fraction of sp³-hybridized carbons (Fsp3) is 0.421. The highest BCUT2D eigenvalue weighted by molar-refractivity contribution is 5.96. The SMILES string of the molecule is CCc1ccc2c(CC(=O)OCC(=O)NC(=O)NC(C)(C)C)coc2c1. The number of furan rings is 1. The van der Waals surface area contributed by atoms with Gasteiger partial charge in [0.2, 0.25) is 0 Å². The maximum absolute atomic E-state index is 12.0. The van der Waals surface area contributed by atoms with Gasteiger partial charge in [-0.25, -0.2) is 4.79 Å². The van der Waals surface area contributed by atoms with Crippen LogP contribution in [0.3, 0.4) is 0 Å². The Bertz CT molecular complexity index is 817. The minimum Gasteiger partial charge on any atom is -0.464 e. The fourth-order valence-electron chi connectivity index (χ4n) is 2.37. The first-order valence-electron chi connectivity index (χ1n) is 8.44. The van der Waals surface area contributed by atoms with Gasteiger partial charge in [0, 0.05) is 16.5 Å². The molecule has 0 aliphatic heterocycles. The normalized spacial score (nSPS) is 11.2. The largest absolute Gasteiger partial charge is 0.464 e. The van der Waals surface area contributed by atoms with Gasteiger partial charge in [0.1, 0.15) is 5.58 Å². The lowest BCUT2D eigenvalue weighted by atomic mass is 10.1. The smallest absolute Gasteiger partial charge is 0.321 e. The molecule has 0 saturated carbocycles. The molecule has 7 nitrogen and oxygen atoms in total. The van der Waals surface area contributed by atoms with Crippen molar-refractivity contribution in [2.45, 2.75) is 46.1 Å². The molecule has 26 heavy (non-hydrogen) atoms. The third-order valence-corrected chi connectivity index (χ3v) is 3.57. The molecule has 3 amide bonds. The Morgan fingerprint density at radius 3 is 2.58 bits per heavy atom. The molecule has 2 aromatic rings. The van der Waals surface area contributed by atoms with Crippen LogP contribution >= 0.6 is 0 Å². The number of carbonyl (C=O) groups is 3. The van der Waals surface area contributed by atoms with Gasteiger partial charge in [-0.2, -0.15) is 0 Å². The Morgan fingerprint density at radius 1 is 1.19 bits per heavy atom. The van der Waals surface area contributed by atoms with E-state index in [0.717, 1.165) is 17.4 Å². The lowest BCUT2D eigenvalue weighted by Crippen LogP contribution is -2.49. The van der Waals surface area contributed by atoms with Gasteiger partial charge in [0.15, 0.2) is 6.61 Å². The number of hydrogen-bond acceptors (Lipinski definition) is 5. The lowest BCUT2D eigenvalue weighted by molar-refractivity contribution is -0.147. The van der Waals surface area contributed by atoms with Crippen LogP contribution < -0.4 is 10.6 Å². The van der Waals surface area contributed by atoms with Gasteiger partial charge in [0.25, 0.3) is 5.91 Å². The predicted octanol–water partition coefficient (Wildman–Crippen LogP) is 2.71. The van der Waals surface area contributed by atoms with E-state index in [2.05, 4.69) is 17.6 Å². The zero-order valence-electron chi connectivity index (χ0n) is 15.5. The van der Waals surface area contributed by atoms with Crippen molar-refractivity contribution in [2.75, 3.05) is 6.61 Å². The molecule has 0 bridgehead atoms. The number of urea groups is 1. The molecule has 0 saturated heterocycles. The molecule has 2 rings (SSSR count). The molecule has 2 N–H and O–H groups in total. The number of fused-ring (bicyclic) bond motifs is 1. The van der Waals surface area contributed by atoms with Gasteiger partial charge in [-0.15, -0.1) is 0 Å². The van der Waals surface area contributed by atoms with Crippen LogP contribution in [0.25, 0.3) is 11.0 Å². The minimum absolute atomic E-state index is 0.0139. The van der Waals surface area contributed by atoms with Gasteiger partial charge in [-0.1, -0.05) is 19.1 Å². The summed E-state index contributed by atoms with van der Waals surface area (Å²) in [6.07, 6.45) is 2.40. The second-order valence-electron chi connectivity index (χ2n) is 7.03. The van der Waals surface area contributed by atoms with E-state index in [1.165, 1.54) is 6.26 Å². The summed E-state index contributed by atoms with van der Waals surface area (Å²) < 4.78 is 10.4. The van der Waals surface area contributed by atoms with Crippen LogP contribution in [0.5, 0.6) is 0 Å². The average molecular weight is 360 g/mol. The molecule has 1 aromatic heterocycles. The molecule has 0 spiro atoms. The zero-order valence-corrected chi connectivity index (χ0v) is 15.5. The predicted molar refractivity (Wildman–Crippen MR) is 96.7 cm³/mol. The van der Waals surface area contributed by atoms with E-state index >= 15 is 0 Å². The van der Waals surface area contributed by atoms with Crippen molar-refractivity contribution in [1.29, 1.82) is 0 Å². The van der Waals surface area contributed by atoms with E-state index in [0.29, 0.717) is 11.1 Å². The summed E-state index contributed by atoms with van der Waals surface area (Å²) in [5.41, 5.74) is 2.08. The van der Waals surface area contributed by atoms with Crippen molar-refractivity contribution in [3.8, 4) is 0 Å². The first-order valence-corrected chi connectivity index (χ1v) is 8.44. The zero-order chi connectivity index (χ0) is 19.3. The van der Waals surface area contributed by atoms with Gasteiger partial charge >= 0.3 is 12.0 Å². The van der Waals surface area contributed by atoms with Crippen LogP contribution in [-0.2, 0) is 27.2 Å². The summed E-state index contributed by atoms with van der Waals surface area (Å²) in [5, 5.41) is 5.53. The highest BCUT2D eigenvalue weighted by Gasteiger charge is 2.17. The molecule has 1 aromatic carbocycles. The first-order chi connectivity index (χ1) is 12.2. The second kappa shape index (κ2) is 8.03. The van der Waals surface area contributed by atoms with E-state index in [1.54, 1.807) is 20.8 Å². The molecule has 1 heterocycles. The monoisotopic (exact) mass is 360 g/mol. The van der Waals surface area contributed by atoms with Crippen LogP contribution in [0, 0.1) is 0 Å². The number of benzene rings is 1. The Hall–Kier alpha value is -2.83. The molecule has 0 atom stereocenters. The Labute approximate surface area is 152 Å². The van der Waals surface area contributed by atoms with Crippen molar-refractivity contribution in [2.24, 2.45) is 0 Å². The van der Waals surface area contributed by atoms with Crippen molar-refractivity contribution in [3.63, 3.8) is 0 Å². The summed E-state index contributed by atoms with van der Waals surface area (Å²) in [6, 6.07) is 5.19. The maximum Gasteiger partial charge on any atom is 0.321 e. The van der Waals surface area contributed by atoms with E-state index in [4.69, 9.17) is 9.15 Å². The van der Waals surface area contributed by atoms with E-state index in [9.17, 15) is 14.4 Å². The highest BCUT2D eigenvalue weighted by Crippen LogP contribution is 2.23. The third-order valence-electron chi connectivity index (χ3n) is 3.57. The van der Waals surface area contributed by atoms with E-state index < -0.39 is 30.1 Å². The molecular weight excluding hydrogens is 336 g/mol. The minimum atomic E-state index is -0.690. The highest BCUT2D eigenvalue weighted by atomic mass is 16.5. The lowest BCUT2D eigenvalue weighted by Gasteiger charge is -2.20. The van der Waals surface area contributed by atoms with Crippen LogP contribution in [0.4, 0.5) is 4.79 Å². The Kier molecular flexibility index (Phi) is 6.02. The molecule has 0 aliphatic carbocycles. The molecule has 7 heteroatoms. The van der Waals surface area contributed by atoms with Gasteiger partial charge < -0.3 is 14.5 Å². The van der Waals surface area contributed by atoms with Crippen LogP contribution in [-0.4, -0.2) is 30.1 Å². The molecule has 0 aliphatic rings. The van der Waals surface area contributed by atoms with Crippen molar-refractivity contribution >= 4 is 28.9 Å². The van der Waals surface area contributed by atoms with E-state index in [1.807, 2.05) is 18.2 Å². The Morgan fingerprint density at radius 2 is 1.92 bits per heavy atom.